The van der Waals surface area contributed by atoms with Gasteiger partial charge in [0.15, 0.2) is 17.3 Å². The van der Waals surface area contributed by atoms with Crippen molar-refractivity contribution in [3.63, 3.8) is 0 Å². The second-order valence-corrected chi connectivity index (χ2v) is 8.09. The van der Waals surface area contributed by atoms with Crippen LogP contribution in [-0.4, -0.2) is 24.5 Å². The van der Waals surface area contributed by atoms with Gasteiger partial charge in [0.05, 0.1) is 18.9 Å². The van der Waals surface area contributed by atoms with Crippen molar-refractivity contribution in [2.45, 2.75) is 47.0 Å². The summed E-state index contributed by atoms with van der Waals surface area (Å²) in [5, 5.41) is 0. The maximum atomic E-state index is 13.6. The lowest BCUT2D eigenvalue weighted by molar-refractivity contribution is -0.140. The van der Waals surface area contributed by atoms with E-state index < -0.39 is 17.0 Å². The molecule has 1 aliphatic rings. The highest BCUT2D eigenvalue weighted by molar-refractivity contribution is 6.32. The average molecular weight is 407 g/mol. The largest absolute Gasteiger partial charge is 0.500 e. The molecule has 0 unspecified atom stereocenters. The molecule has 0 aromatic heterocycles. The normalized spacial score (nSPS) is 15.9. The maximum absolute atomic E-state index is 13.6. The Labute approximate surface area is 179 Å². The van der Waals surface area contributed by atoms with Gasteiger partial charge in [0.25, 0.3) is 0 Å². The monoisotopic (exact) mass is 406 g/mol. The summed E-state index contributed by atoms with van der Waals surface area (Å²) in [6, 6.07) is 9.38. The Hall–Kier alpha value is -3.01. The van der Waals surface area contributed by atoms with Crippen LogP contribution in [0.4, 0.5) is 0 Å². The molecule has 0 aliphatic heterocycles. The molecule has 1 aromatic rings. The fourth-order valence-electron chi connectivity index (χ4n) is 3.39. The first kappa shape index (κ1) is 23.3. The minimum Gasteiger partial charge on any atom is -0.500 e. The van der Waals surface area contributed by atoms with Gasteiger partial charge in [0, 0.05) is 0 Å². The summed E-state index contributed by atoms with van der Waals surface area (Å²) < 4.78 is 5.31. The predicted molar refractivity (Wildman–Crippen MR) is 120 cm³/mol. The molecule has 0 saturated heterocycles. The highest BCUT2D eigenvalue weighted by Gasteiger charge is 2.50. The predicted octanol–water partition coefficient (Wildman–Crippen LogP) is 5.41. The van der Waals surface area contributed by atoms with Gasteiger partial charge in [0.2, 0.25) is 0 Å². The maximum Gasteiger partial charge on any atom is 0.192 e. The first-order valence-electron chi connectivity index (χ1n) is 10.1. The van der Waals surface area contributed by atoms with Crippen LogP contribution in [0, 0.1) is 5.41 Å². The smallest absolute Gasteiger partial charge is 0.192 e. The van der Waals surface area contributed by atoms with Crippen molar-refractivity contribution in [1.29, 1.82) is 0 Å². The fourth-order valence-corrected chi connectivity index (χ4v) is 3.39. The molecule has 0 N–H and O–H groups in total. The lowest BCUT2D eigenvalue weighted by Gasteiger charge is -2.34. The summed E-state index contributed by atoms with van der Waals surface area (Å²) in [6.07, 6.45) is 7.32. The van der Waals surface area contributed by atoms with Crippen LogP contribution in [0.25, 0.3) is 6.08 Å². The van der Waals surface area contributed by atoms with E-state index in [0.29, 0.717) is 0 Å². The van der Waals surface area contributed by atoms with Crippen molar-refractivity contribution in [3.05, 3.63) is 76.6 Å². The summed E-state index contributed by atoms with van der Waals surface area (Å²) in [5.41, 5.74) is 1.59. The molecule has 0 atom stereocenters. The van der Waals surface area contributed by atoms with Crippen molar-refractivity contribution in [2.24, 2.45) is 5.41 Å². The molecule has 1 aliphatic carbocycles. The summed E-state index contributed by atoms with van der Waals surface area (Å²) in [5.74, 6) is -0.944. The third-order valence-electron chi connectivity index (χ3n) is 5.23. The number of Topliss-reactive ketones (excluding diaryl/α,β-unsaturated/α-hetero) is 2. The molecule has 0 radical (unpaired) electrons. The van der Waals surface area contributed by atoms with E-state index in [-0.39, 0.29) is 36.4 Å². The van der Waals surface area contributed by atoms with Gasteiger partial charge in [-0.3, -0.25) is 14.4 Å². The van der Waals surface area contributed by atoms with E-state index in [0.717, 1.165) is 16.7 Å². The van der Waals surface area contributed by atoms with Crippen LogP contribution in [0.3, 0.4) is 0 Å². The number of allylic oxidation sites excluding steroid dienone is 7. The minimum atomic E-state index is -1.28. The number of carbonyl (C=O) groups is 3. The molecule has 158 valence electrons. The lowest BCUT2D eigenvalue weighted by atomic mass is 9.66. The molecule has 1 aromatic carbocycles. The van der Waals surface area contributed by atoms with Crippen molar-refractivity contribution in [3.8, 4) is 0 Å². The van der Waals surface area contributed by atoms with E-state index in [4.69, 9.17) is 4.74 Å². The highest BCUT2D eigenvalue weighted by atomic mass is 16.5. The summed E-state index contributed by atoms with van der Waals surface area (Å²) in [7, 11) is 1.39. The first-order chi connectivity index (χ1) is 14.2. The van der Waals surface area contributed by atoms with Gasteiger partial charge in [-0.25, -0.2) is 0 Å². The minimum absolute atomic E-state index is 0.0198. The number of rotatable bonds is 8. The summed E-state index contributed by atoms with van der Waals surface area (Å²) >= 11 is 0. The summed E-state index contributed by atoms with van der Waals surface area (Å²) in [4.78, 5) is 39.8. The SMILES string of the molecule is COC1=C(C(=O)C=Cc2ccccc2)C(=O)C(CC=C(C)C)(CC=C(C)C)C(=O)C1. The van der Waals surface area contributed by atoms with Gasteiger partial charge in [-0.15, -0.1) is 0 Å². The standard InChI is InChI=1S/C26H30O4/c1-18(2)13-15-26(16-14-19(3)4)23(28)17-22(30-5)24(25(26)29)21(27)12-11-20-9-7-6-8-10-20/h6-14H,15-17H2,1-5H3. The van der Waals surface area contributed by atoms with E-state index >= 15 is 0 Å². The second kappa shape index (κ2) is 10.1. The highest BCUT2D eigenvalue weighted by Crippen LogP contribution is 2.41. The zero-order valence-corrected chi connectivity index (χ0v) is 18.5. The quantitative estimate of drug-likeness (QED) is 0.251. The molecular formula is C26H30O4. The van der Waals surface area contributed by atoms with E-state index in [9.17, 15) is 14.4 Å². The third-order valence-corrected chi connectivity index (χ3v) is 5.23. The third kappa shape index (κ3) is 5.32. The Morgan fingerprint density at radius 2 is 1.57 bits per heavy atom. The van der Waals surface area contributed by atoms with Gasteiger partial charge in [-0.1, -0.05) is 59.7 Å². The average Bonchev–Trinajstić information content (AvgIpc) is 2.71. The molecule has 0 heterocycles. The zero-order valence-electron chi connectivity index (χ0n) is 18.5. The van der Waals surface area contributed by atoms with E-state index in [1.807, 2.05) is 70.2 Å². The van der Waals surface area contributed by atoms with Crippen LogP contribution in [0.5, 0.6) is 0 Å². The van der Waals surface area contributed by atoms with Crippen LogP contribution in [0.2, 0.25) is 0 Å². The molecule has 4 nitrogen and oxygen atoms in total. The first-order valence-corrected chi connectivity index (χ1v) is 10.1. The van der Waals surface area contributed by atoms with Crippen LogP contribution in [0.15, 0.2) is 71.0 Å². The summed E-state index contributed by atoms with van der Waals surface area (Å²) in [6.45, 7) is 7.71. The van der Waals surface area contributed by atoms with Gasteiger partial charge in [-0.05, 0) is 52.2 Å². The number of hydrogen-bond acceptors (Lipinski definition) is 4. The van der Waals surface area contributed by atoms with E-state index in [1.54, 1.807) is 6.08 Å². The molecule has 4 heteroatoms. The molecule has 0 amide bonds. The topological polar surface area (TPSA) is 60.4 Å². The molecule has 30 heavy (non-hydrogen) atoms. The number of hydrogen-bond donors (Lipinski definition) is 0. The molecular weight excluding hydrogens is 376 g/mol. The van der Waals surface area contributed by atoms with E-state index in [1.165, 1.54) is 13.2 Å². The van der Waals surface area contributed by atoms with Gasteiger partial charge in [-0.2, -0.15) is 0 Å². The Morgan fingerprint density at radius 3 is 2.07 bits per heavy atom. The number of ketones is 3. The second-order valence-electron chi connectivity index (χ2n) is 8.09. The van der Waals surface area contributed by atoms with Crippen molar-refractivity contribution in [2.75, 3.05) is 7.11 Å². The van der Waals surface area contributed by atoms with Gasteiger partial charge < -0.3 is 4.74 Å². The Balaban J connectivity index is 2.51. The Bertz CT molecular complexity index is 915. The van der Waals surface area contributed by atoms with Crippen LogP contribution in [0.1, 0.15) is 52.5 Å². The zero-order chi connectivity index (χ0) is 22.3. The van der Waals surface area contributed by atoms with Gasteiger partial charge in [0.1, 0.15) is 11.3 Å². The lowest BCUT2D eigenvalue weighted by Crippen LogP contribution is -2.45. The van der Waals surface area contributed by atoms with E-state index in [2.05, 4.69) is 0 Å². The van der Waals surface area contributed by atoms with Crippen LogP contribution >= 0.6 is 0 Å². The number of benzene rings is 1. The molecule has 0 fully saturated rings. The Morgan fingerprint density at radius 1 is 1.00 bits per heavy atom. The van der Waals surface area contributed by atoms with Gasteiger partial charge >= 0.3 is 0 Å². The van der Waals surface area contributed by atoms with Crippen molar-refractivity contribution < 1.29 is 19.1 Å². The number of ether oxygens (including phenoxy) is 1. The Kier molecular flexibility index (Phi) is 7.87. The molecule has 0 saturated carbocycles. The molecule has 0 bridgehead atoms. The van der Waals surface area contributed by atoms with Crippen molar-refractivity contribution in [1.82, 2.24) is 0 Å². The number of methoxy groups -OCH3 is 1. The molecule has 0 spiro atoms. The number of carbonyl (C=O) groups excluding carboxylic acids is 3. The molecule has 2 rings (SSSR count). The van der Waals surface area contributed by atoms with Crippen LogP contribution < -0.4 is 0 Å². The van der Waals surface area contributed by atoms with Crippen LogP contribution in [-0.2, 0) is 19.1 Å². The van der Waals surface area contributed by atoms with Crippen molar-refractivity contribution >= 4 is 23.4 Å². The fraction of sp³-hybridized carbons (Fsp3) is 0.346.